The van der Waals surface area contributed by atoms with Gasteiger partial charge in [-0.15, -0.1) is 0 Å². The van der Waals surface area contributed by atoms with Crippen LogP contribution in [0.5, 0.6) is 0 Å². The molecular weight excluding hydrogens is 279 g/mol. The summed E-state index contributed by atoms with van der Waals surface area (Å²) < 4.78 is 39.3. The maximum atomic E-state index is 12.5. The van der Waals surface area contributed by atoms with Crippen LogP contribution in [-0.4, -0.2) is 28.3 Å². The van der Waals surface area contributed by atoms with Crippen LogP contribution in [-0.2, 0) is 19.3 Å². The summed E-state index contributed by atoms with van der Waals surface area (Å²) >= 11 is 0. The van der Waals surface area contributed by atoms with Crippen molar-refractivity contribution in [1.82, 2.24) is 14.7 Å². The van der Waals surface area contributed by atoms with Crippen molar-refractivity contribution >= 4 is 0 Å². The van der Waals surface area contributed by atoms with Gasteiger partial charge in [0, 0.05) is 25.5 Å². The number of alkyl halides is 3. The van der Waals surface area contributed by atoms with Crippen LogP contribution in [0.2, 0.25) is 0 Å². The van der Waals surface area contributed by atoms with Crippen LogP contribution in [0.15, 0.2) is 42.7 Å². The fourth-order valence-electron chi connectivity index (χ4n) is 2.13. The number of hydrogen-bond acceptors (Lipinski definition) is 2. The second-order valence-corrected chi connectivity index (χ2v) is 5.06. The van der Waals surface area contributed by atoms with Crippen LogP contribution in [0.25, 0.3) is 0 Å². The predicted octanol–water partition coefficient (Wildman–Crippen LogP) is 3.42. The summed E-state index contributed by atoms with van der Waals surface area (Å²) in [5.74, 6) is 0. The monoisotopic (exact) mass is 297 g/mol. The van der Waals surface area contributed by atoms with Gasteiger partial charge in [-0.25, -0.2) is 0 Å². The number of rotatable bonds is 6. The van der Waals surface area contributed by atoms with E-state index in [1.807, 2.05) is 24.0 Å². The minimum atomic E-state index is -4.27. The Kier molecular flexibility index (Phi) is 5.01. The fraction of sp³-hybridized carbons (Fsp3) is 0.400. The Bertz CT molecular complexity index is 532. The van der Waals surface area contributed by atoms with Crippen molar-refractivity contribution in [2.24, 2.45) is 0 Å². The van der Waals surface area contributed by atoms with Crippen LogP contribution >= 0.6 is 0 Å². The molecule has 0 aliphatic carbocycles. The van der Waals surface area contributed by atoms with E-state index in [9.17, 15) is 13.2 Å². The Morgan fingerprint density at radius 1 is 1.19 bits per heavy atom. The fourth-order valence-corrected chi connectivity index (χ4v) is 2.13. The maximum Gasteiger partial charge on any atom is 0.416 e. The van der Waals surface area contributed by atoms with Crippen LogP contribution in [0.1, 0.15) is 17.5 Å². The highest BCUT2D eigenvalue weighted by atomic mass is 19.4. The lowest BCUT2D eigenvalue weighted by atomic mass is 10.1. The minimum Gasteiger partial charge on any atom is -0.302 e. The standard InChI is InChI=1S/C15H18F3N3/c1-20(9-3-11-21-10-2-8-19-21)12-13-4-6-14(7-5-13)15(16,17)18/h2,4-8,10H,3,9,11-12H2,1H3. The van der Waals surface area contributed by atoms with Gasteiger partial charge in [0.2, 0.25) is 0 Å². The van der Waals surface area contributed by atoms with E-state index in [1.165, 1.54) is 12.1 Å². The highest BCUT2D eigenvalue weighted by Crippen LogP contribution is 2.29. The van der Waals surface area contributed by atoms with Crippen LogP contribution in [0, 0.1) is 0 Å². The zero-order valence-electron chi connectivity index (χ0n) is 11.8. The van der Waals surface area contributed by atoms with Gasteiger partial charge in [0.25, 0.3) is 0 Å². The number of aryl methyl sites for hydroxylation is 1. The van der Waals surface area contributed by atoms with Gasteiger partial charge in [0.05, 0.1) is 5.56 Å². The molecule has 1 aromatic carbocycles. The summed E-state index contributed by atoms with van der Waals surface area (Å²) in [7, 11) is 1.96. The smallest absolute Gasteiger partial charge is 0.302 e. The molecule has 21 heavy (non-hydrogen) atoms. The molecule has 0 atom stereocenters. The van der Waals surface area contributed by atoms with Gasteiger partial charge in [-0.3, -0.25) is 4.68 Å². The lowest BCUT2D eigenvalue weighted by Gasteiger charge is -2.17. The van der Waals surface area contributed by atoms with E-state index in [0.717, 1.165) is 37.2 Å². The number of aromatic nitrogens is 2. The van der Waals surface area contributed by atoms with Crippen molar-refractivity contribution in [2.45, 2.75) is 25.7 Å². The summed E-state index contributed by atoms with van der Waals surface area (Å²) in [5.41, 5.74) is 0.275. The number of halogens is 3. The van der Waals surface area contributed by atoms with Gasteiger partial charge >= 0.3 is 6.18 Å². The largest absolute Gasteiger partial charge is 0.416 e. The van der Waals surface area contributed by atoms with Crippen LogP contribution < -0.4 is 0 Å². The summed E-state index contributed by atoms with van der Waals surface area (Å²) in [4.78, 5) is 2.09. The molecule has 0 bridgehead atoms. The van der Waals surface area contributed by atoms with Gasteiger partial charge in [0.15, 0.2) is 0 Å². The van der Waals surface area contributed by atoms with E-state index in [-0.39, 0.29) is 0 Å². The first kappa shape index (κ1) is 15.6. The maximum absolute atomic E-state index is 12.5. The van der Waals surface area contributed by atoms with Crippen LogP contribution in [0.3, 0.4) is 0 Å². The van der Waals surface area contributed by atoms with Gasteiger partial charge in [-0.2, -0.15) is 18.3 Å². The van der Waals surface area contributed by atoms with Crippen molar-refractivity contribution in [3.05, 3.63) is 53.9 Å². The zero-order valence-corrected chi connectivity index (χ0v) is 11.8. The van der Waals surface area contributed by atoms with Crippen molar-refractivity contribution in [3.8, 4) is 0 Å². The van der Waals surface area contributed by atoms with Gasteiger partial charge in [0.1, 0.15) is 0 Å². The van der Waals surface area contributed by atoms with E-state index in [2.05, 4.69) is 10.00 Å². The molecule has 0 saturated carbocycles. The normalized spacial score (nSPS) is 12.0. The van der Waals surface area contributed by atoms with E-state index in [4.69, 9.17) is 0 Å². The second-order valence-electron chi connectivity index (χ2n) is 5.06. The summed E-state index contributed by atoms with van der Waals surface area (Å²) in [6.45, 7) is 2.34. The van der Waals surface area contributed by atoms with Gasteiger partial charge in [-0.1, -0.05) is 12.1 Å². The van der Waals surface area contributed by atoms with Crippen molar-refractivity contribution < 1.29 is 13.2 Å². The molecule has 0 saturated heterocycles. The van der Waals surface area contributed by atoms with Gasteiger partial charge in [-0.05, 0) is 43.8 Å². The average molecular weight is 297 g/mol. The topological polar surface area (TPSA) is 21.1 Å². The minimum absolute atomic E-state index is 0.604. The average Bonchev–Trinajstić information content (AvgIpc) is 2.91. The Morgan fingerprint density at radius 3 is 2.48 bits per heavy atom. The number of hydrogen-bond donors (Lipinski definition) is 0. The zero-order chi connectivity index (χ0) is 15.3. The molecule has 0 fully saturated rings. The Morgan fingerprint density at radius 2 is 1.90 bits per heavy atom. The number of nitrogens with zero attached hydrogens (tertiary/aromatic N) is 3. The van der Waals surface area contributed by atoms with Crippen molar-refractivity contribution in [3.63, 3.8) is 0 Å². The molecule has 0 aliphatic heterocycles. The second kappa shape index (κ2) is 6.76. The molecule has 0 N–H and O–H groups in total. The molecule has 1 aromatic heterocycles. The molecule has 6 heteroatoms. The quantitative estimate of drug-likeness (QED) is 0.814. The third-order valence-electron chi connectivity index (χ3n) is 3.22. The molecule has 0 radical (unpaired) electrons. The lowest BCUT2D eigenvalue weighted by molar-refractivity contribution is -0.137. The summed E-state index contributed by atoms with van der Waals surface area (Å²) in [6.07, 6.45) is 0.328. The van der Waals surface area contributed by atoms with Gasteiger partial charge < -0.3 is 4.90 Å². The number of benzene rings is 1. The molecule has 2 rings (SSSR count). The highest BCUT2D eigenvalue weighted by molar-refractivity contribution is 5.24. The molecule has 0 amide bonds. The van der Waals surface area contributed by atoms with E-state index in [1.54, 1.807) is 6.20 Å². The summed E-state index contributed by atoms with van der Waals surface area (Å²) in [5, 5.41) is 4.12. The molecular formula is C15H18F3N3. The van der Waals surface area contributed by atoms with E-state index in [0.29, 0.717) is 6.54 Å². The molecule has 114 valence electrons. The third kappa shape index (κ3) is 4.90. The molecule has 1 heterocycles. The Labute approximate surface area is 122 Å². The first-order valence-corrected chi connectivity index (χ1v) is 6.77. The first-order valence-electron chi connectivity index (χ1n) is 6.77. The Hall–Kier alpha value is -1.82. The van der Waals surface area contributed by atoms with E-state index < -0.39 is 11.7 Å². The molecule has 0 unspecified atom stereocenters. The predicted molar refractivity (Wildman–Crippen MR) is 74.6 cm³/mol. The molecule has 3 nitrogen and oxygen atoms in total. The SMILES string of the molecule is CN(CCCn1cccn1)Cc1ccc(C(F)(F)F)cc1. The van der Waals surface area contributed by atoms with Crippen molar-refractivity contribution in [1.29, 1.82) is 0 Å². The molecule has 2 aromatic rings. The first-order chi connectivity index (χ1) is 9.95. The highest BCUT2D eigenvalue weighted by Gasteiger charge is 2.29. The van der Waals surface area contributed by atoms with E-state index >= 15 is 0 Å². The molecule has 0 aliphatic rings. The molecule has 0 spiro atoms. The summed E-state index contributed by atoms with van der Waals surface area (Å²) in [6, 6.07) is 7.21. The lowest BCUT2D eigenvalue weighted by Crippen LogP contribution is -2.20. The van der Waals surface area contributed by atoms with Crippen molar-refractivity contribution in [2.75, 3.05) is 13.6 Å². The Balaban J connectivity index is 1.78. The third-order valence-corrected chi connectivity index (χ3v) is 3.22. The van der Waals surface area contributed by atoms with Crippen LogP contribution in [0.4, 0.5) is 13.2 Å².